The van der Waals surface area contributed by atoms with Crippen LogP contribution in [0, 0.1) is 0 Å². The predicted octanol–water partition coefficient (Wildman–Crippen LogP) is 0.769. The first-order valence-corrected chi connectivity index (χ1v) is 7.98. The molecule has 4 rings (SSSR count). The second-order valence-corrected chi connectivity index (χ2v) is 6.34. The zero-order valence-electron chi connectivity index (χ0n) is 13.4. The number of H-pyrrole nitrogens is 2. The van der Waals surface area contributed by atoms with Crippen molar-refractivity contribution in [2.45, 2.75) is 31.8 Å². The van der Waals surface area contributed by atoms with Gasteiger partial charge in [-0.25, -0.2) is 0 Å². The highest BCUT2D eigenvalue weighted by molar-refractivity contribution is 5.94. The van der Waals surface area contributed by atoms with E-state index in [1.807, 2.05) is 18.2 Å². The van der Waals surface area contributed by atoms with Crippen LogP contribution in [-0.2, 0) is 19.4 Å². The van der Waals surface area contributed by atoms with Gasteiger partial charge in [0.25, 0.3) is 5.91 Å². The van der Waals surface area contributed by atoms with Gasteiger partial charge in [-0.2, -0.15) is 20.5 Å². The van der Waals surface area contributed by atoms with Crippen molar-refractivity contribution in [2.24, 2.45) is 5.73 Å². The standard InChI is InChI=1S/C16H19N7O/c1-23(8-9-2-5-12-14(6-9)20-22-19-12)16(24)15-11-4-3-10(17)7-13(11)18-21-15/h2,5-6,10H,3-4,7-8,17H2,1H3,(H,18,21)(H,19,20,22). The lowest BCUT2D eigenvalue weighted by atomic mass is 9.92. The lowest BCUT2D eigenvalue weighted by Crippen LogP contribution is -2.30. The zero-order valence-corrected chi connectivity index (χ0v) is 13.4. The first-order valence-electron chi connectivity index (χ1n) is 7.98. The van der Waals surface area contributed by atoms with Crippen LogP contribution in [0.15, 0.2) is 18.2 Å². The highest BCUT2D eigenvalue weighted by Crippen LogP contribution is 2.23. The number of amides is 1. The molecule has 0 saturated heterocycles. The maximum Gasteiger partial charge on any atom is 0.274 e. The molecular formula is C16H19N7O. The lowest BCUT2D eigenvalue weighted by molar-refractivity contribution is 0.0778. The Morgan fingerprint density at radius 2 is 2.17 bits per heavy atom. The fourth-order valence-corrected chi connectivity index (χ4v) is 3.22. The number of aromatic nitrogens is 5. The van der Waals surface area contributed by atoms with Crippen molar-refractivity contribution in [3.63, 3.8) is 0 Å². The third-order valence-corrected chi connectivity index (χ3v) is 4.53. The highest BCUT2D eigenvalue weighted by atomic mass is 16.2. The molecule has 0 spiro atoms. The number of carbonyl (C=O) groups excluding carboxylic acids is 1. The van der Waals surface area contributed by atoms with Gasteiger partial charge in [0.15, 0.2) is 5.69 Å². The molecule has 2 aromatic heterocycles. The molecule has 124 valence electrons. The summed E-state index contributed by atoms with van der Waals surface area (Å²) in [5, 5.41) is 17.9. The van der Waals surface area contributed by atoms with Gasteiger partial charge in [-0.05, 0) is 30.5 Å². The number of nitrogens with zero attached hydrogens (tertiary/aromatic N) is 4. The van der Waals surface area contributed by atoms with Crippen molar-refractivity contribution in [3.05, 3.63) is 40.7 Å². The highest BCUT2D eigenvalue weighted by Gasteiger charge is 2.26. The number of rotatable bonds is 3. The summed E-state index contributed by atoms with van der Waals surface area (Å²) in [5.41, 5.74) is 11.1. The molecule has 1 aliphatic rings. The second-order valence-electron chi connectivity index (χ2n) is 6.34. The van der Waals surface area contributed by atoms with Gasteiger partial charge >= 0.3 is 0 Å². The van der Waals surface area contributed by atoms with Crippen LogP contribution < -0.4 is 5.73 Å². The lowest BCUT2D eigenvalue weighted by Gasteiger charge is -2.20. The minimum absolute atomic E-state index is 0.0804. The third-order valence-electron chi connectivity index (χ3n) is 4.53. The molecule has 24 heavy (non-hydrogen) atoms. The maximum atomic E-state index is 12.8. The monoisotopic (exact) mass is 325 g/mol. The average Bonchev–Trinajstić information content (AvgIpc) is 3.19. The molecule has 1 atom stereocenters. The van der Waals surface area contributed by atoms with Crippen LogP contribution in [0.2, 0.25) is 0 Å². The van der Waals surface area contributed by atoms with Gasteiger partial charge in [0.05, 0.1) is 0 Å². The van der Waals surface area contributed by atoms with Gasteiger partial charge < -0.3 is 10.6 Å². The first kappa shape index (κ1) is 14.8. The quantitative estimate of drug-likeness (QED) is 0.657. The molecule has 0 bridgehead atoms. The molecule has 4 N–H and O–H groups in total. The molecule has 0 radical (unpaired) electrons. The smallest absolute Gasteiger partial charge is 0.274 e. The van der Waals surface area contributed by atoms with Gasteiger partial charge in [-0.1, -0.05) is 6.07 Å². The third kappa shape index (κ3) is 2.54. The second kappa shape index (κ2) is 5.72. The summed E-state index contributed by atoms with van der Waals surface area (Å²) in [6.07, 6.45) is 2.44. The van der Waals surface area contributed by atoms with Gasteiger partial charge in [0, 0.05) is 37.3 Å². The van der Waals surface area contributed by atoms with E-state index < -0.39 is 0 Å². The molecule has 0 aliphatic heterocycles. The van der Waals surface area contributed by atoms with E-state index in [4.69, 9.17) is 5.73 Å². The van der Waals surface area contributed by atoms with Crippen molar-refractivity contribution in [3.8, 4) is 0 Å². The van der Waals surface area contributed by atoms with Crippen LogP contribution >= 0.6 is 0 Å². The van der Waals surface area contributed by atoms with Crippen LogP contribution in [0.4, 0.5) is 0 Å². The fourth-order valence-electron chi connectivity index (χ4n) is 3.22. The molecule has 1 aliphatic carbocycles. The van der Waals surface area contributed by atoms with Crippen molar-refractivity contribution in [1.82, 2.24) is 30.5 Å². The number of carbonyl (C=O) groups is 1. The Morgan fingerprint density at radius 3 is 3.04 bits per heavy atom. The topological polar surface area (TPSA) is 117 Å². The average molecular weight is 325 g/mol. The van der Waals surface area contributed by atoms with E-state index in [-0.39, 0.29) is 11.9 Å². The Labute approximate surface area is 138 Å². The Morgan fingerprint density at radius 1 is 1.33 bits per heavy atom. The Kier molecular flexibility index (Phi) is 3.53. The van der Waals surface area contributed by atoms with Gasteiger partial charge in [0.1, 0.15) is 11.0 Å². The molecular weight excluding hydrogens is 306 g/mol. The Balaban J connectivity index is 1.54. The van der Waals surface area contributed by atoms with Crippen LogP contribution in [0.3, 0.4) is 0 Å². The number of fused-ring (bicyclic) bond motifs is 2. The molecule has 8 heteroatoms. The van der Waals surface area contributed by atoms with E-state index >= 15 is 0 Å². The van der Waals surface area contributed by atoms with Crippen LogP contribution in [-0.4, -0.2) is 49.5 Å². The van der Waals surface area contributed by atoms with Gasteiger partial charge in [-0.3, -0.25) is 9.89 Å². The number of hydrogen-bond donors (Lipinski definition) is 3. The van der Waals surface area contributed by atoms with Crippen molar-refractivity contribution in [1.29, 1.82) is 0 Å². The number of nitrogens with one attached hydrogen (secondary N) is 2. The summed E-state index contributed by atoms with van der Waals surface area (Å²) in [5.74, 6) is -0.0804. The maximum absolute atomic E-state index is 12.8. The Hall–Kier alpha value is -2.74. The summed E-state index contributed by atoms with van der Waals surface area (Å²) in [7, 11) is 1.78. The van der Waals surface area contributed by atoms with Crippen molar-refractivity contribution < 1.29 is 4.79 Å². The van der Waals surface area contributed by atoms with E-state index in [1.54, 1.807) is 11.9 Å². The van der Waals surface area contributed by atoms with E-state index in [1.165, 1.54) is 0 Å². The minimum Gasteiger partial charge on any atom is -0.336 e. The van der Waals surface area contributed by atoms with E-state index in [9.17, 15) is 4.79 Å². The van der Waals surface area contributed by atoms with Crippen LogP contribution in [0.5, 0.6) is 0 Å². The number of nitrogens with two attached hydrogens (primary N) is 1. The van der Waals surface area contributed by atoms with Gasteiger partial charge in [-0.15, -0.1) is 0 Å². The summed E-state index contributed by atoms with van der Waals surface area (Å²) < 4.78 is 0. The number of benzene rings is 1. The Bertz CT molecular complexity index is 897. The molecule has 1 amide bonds. The van der Waals surface area contributed by atoms with Crippen LogP contribution in [0.1, 0.15) is 33.7 Å². The van der Waals surface area contributed by atoms with E-state index in [2.05, 4.69) is 25.6 Å². The molecule has 3 aromatic rings. The first-order chi connectivity index (χ1) is 11.6. The summed E-state index contributed by atoms with van der Waals surface area (Å²) in [6.45, 7) is 0.489. The molecule has 1 unspecified atom stereocenters. The molecule has 0 saturated carbocycles. The van der Waals surface area contributed by atoms with Crippen molar-refractivity contribution >= 4 is 16.9 Å². The summed E-state index contributed by atoms with van der Waals surface area (Å²) in [4.78, 5) is 14.4. The molecule has 8 nitrogen and oxygen atoms in total. The predicted molar refractivity (Wildman–Crippen MR) is 88.3 cm³/mol. The number of aromatic amines is 2. The number of hydrogen-bond acceptors (Lipinski definition) is 5. The van der Waals surface area contributed by atoms with Crippen molar-refractivity contribution in [2.75, 3.05) is 7.05 Å². The minimum atomic E-state index is -0.0804. The van der Waals surface area contributed by atoms with Gasteiger partial charge in [0.2, 0.25) is 0 Å². The molecule has 2 heterocycles. The SMILES string of the molecule is CN(Cc1ccc2n[nH]nc2c1)C(=O)c1n[nH]c2c1CCC(N)C2. The summed E-state index contributed by atoms with van der Waals surface area (Å²) in [6, 6.07) is 5.92. The van der Waals surface area contributed by atoms with Crippen LogP contribution in [0.25, 0.3) is 11.0 Å². The fraction of sp³-hybridized carbons (Fsp3) is 0.375. The summed E-state index contributed by atoms with van der Waals surface area (Å²) >= 11 is 0. The normalized spacial score (nSPS) is 17.0. The largest absolute Gasteiger partial charge is 0.336 e. The van der Waals surface area contributed by atoms with E-state index in [0.717, 1.165) is 47.1 Å². The molecule has 1 aromatic carbocycles. The zero-order chi connectivity index (χ0) is 16.7. The molecule has 0 fully saturated rings. The van der Waals surface area contributed by atoms with E-state index in [0.29, 0.717) is 12.2 Å².